The molecule has 1 saturated heterocycles. The molecule has 0 spiro atoms. The summed E-state index contributed by atoms with van der Waals surface area (Å²) in [6.07, 6.45) is 8.09. The van der Waals surface area contributed by atoms with E-state index in [0.717, 1.165) is 55.7 Å². The van der Waals surface area contributed by atoms with Crippen LogP contribution in [0, 0.1) is 5.92 Å². The van der Waals surface area contributed by atoms with Crippen LogP contribution in [0.5, 0.6) is 0 Å². The molecular weight excluding hydrogens is 350 g/mol. The quantitative estimate of drug-likeness (QED) is 0.474. The standard InChI is InChI=1S/C23H27N3O2/c27-23(28)20-11-8-16-26(18-20)15-6-2-3-9-19-10-7-14-22(17-19)25-24-21-12-4-1-5-13-21/h1,3-5,7,9-10,12-14,17,20H,2,6,8,11,15-16,18H2,(H,27,28). The molecule has 2 aromatic rings. The number of carbonyl (C=O) groups is 1. The summed E-state index contributed by atoms with van der Waals surface area (Å²) in [5, 5.41) is 17.7. The van der Waals surface area contributed by atoms with Crippen molar-refractivity contribution in [2.24, 2.45) is 16.1 Å². The maximum absolute atomic E-state index is 11.1. The Hall–Kier alpha value is -2.79. The Morgan fingerprint density at radius 1 is 1.11 bits per heavy atom. The first-order valence-corrected chi connectivity index (χ1v) is 9.89. The van der Waals surface area contributed by atoms with Crippen molar-refractivity contribution in [3.63, 3.8) is 0 Å². The molecule has 0 amide bonds. The van der Waals surface area contributed by atoms with Crippen LogP contribution in [0.2, 0.25) is 0 Å². The van der Waals surface area contributed by atoms with E-state index in [1.54, 1.807) is 0 Å². The molecule has 0 aliphatic carbocycles. The number of likely N-dealkylation sites (tertiary alicyclic amines) is 1. The van der Waals surface area contributed by atoms with Crippen LogP contribution in [-0.4, -0.2) is 35.6 Å². The fourth-order valence-corrected chi connectivity index (χ4v) is 3.41. The number of piperidine rings is 1. The largest absolute Gasteiger partial charge is 0.481 e. The number of nitrogens with zero attached hydrogens (tertiary/aromatic N) is 3. The molecule has 2 aromatic carbocycles. The average molecular weight is 377 g/mol. The van der Waals surface area contributed by atoms with Crippen LogP contribution < -0.4 is 0 Å². The van der Waals surface area contributed by atoms with Gasteiger partial charge in [-0.25, -0.2) is 0 Å². The van der Waals surface area contributed by atoms with Gasteiger partial charge in [-0.1, -0.05) is 42.5 Å². The second-order valence-corrected chi connectivity index (χ2v) is 7.15. The number of azo groups is 1. The SMILES string of the molecule is O=C(O)C1CCCN(CCCC=Cc2cccc(N=Nc3ccccc3)c2)C1. The molecule has 1 unspecified atom stereocenters. The van der Waals surface area contributed by atoms with E-state index in [2.05, 4.69) is 33.3 Å². The molecule has 28 heavy (non-hydrogen) atoms. The Balaban J connectivity index is 1.44. The number of carboxylic acid groups (broad SMARTS) is 1. The van der Waals surface area contributed by atoms with Gasteiger partial charge in [0.2, 0.25) is 0 Å². The van der Waals surface area contributed by atoms with E-state index < -0.39 is 5.97 Å². The predicted octanol–water partition coefficient (Wildman–Crippen LogP) is 5.69. The number of hydrogen-bond acceptors (Lipinski definition) is 4. The fourth-order valence-electron chi connectivity index (χ4n) is 3.41. The zero-order valence-corrected chi connectivity index (χ0v) is 16.1. The first kappa shape index (κ1) is 20.0. The van der Waals surface area contributed by atoms with Crippen molar-refractivity contribution in [1.82, 2.24) is 4.90 Å². The molecule has 1 fully saturated rings. The lowest BCUT2D eigenvalue weighted by Gasteiger charge is -2.30. The van der Waals surface area contributed by atoms with Crippen molar-refractivity contribution in [1.29, 1.82) is 0 Å². The van der Waals surface area contributed by atoms with Crippen molar-refractivity contribution >= 4 is 23.4 Å². The number of hydrogen-bond donors (Lipinski definition) is 1. The molecule has 146 valence electrons. The minimum Gasteiger partial charge on any atom is -0.481 e. The van der Waals surface area contributed by atoms with E-state index in [0.29, 0.717) is 6.54 Å². The number of allylic oxidation sites excluding steroid dienone is 1. The highest BCUT2D eigenvalue weighted by Gasteiger charge is 2.24. The monoisotopic (exact) mass is 377 g/mol. The Morgan fingerprint density at radius 2 is 1.89 bits per heavy atom. The van der Waals surface area contributed by atoms with Gasteiger partial charge in [-0.15, -0.1) is 0 Å². The number of rotatable bonds is 8. The molecule has 0 saturated carbocycles. The van der Waals surface area contributed by atoms with Gasteiger partial charge in [0, 0.05) is 6.54 Å². The lowest BCUT2D eigenvalue weighted by Crippen LogP contribution is -2.39. The van der Waals surface area contributed by atoms with E-state index in [4.69, 9.17) is 5.11 Å². The molecule has 1 atom stereocenters. The Bertz CT molecular complexity index is 818. The van der Waals surface area contributed by atoms with Crippen LogP contribution in [0.15, 0.2) is 70.9 Å². The molecule has 1 aliphatic rings. The summed E-state index contributed by atoms with van der Waals surface area (Å²) in [5.41, 5.74) is 2.78. The normalized spacial score (nSPS) is 18.1. The van der Waals surface area contributed by atoms with E-state index >= 15 is 0 Å². The van der Waals surface area contributed by atoms with Crippen LogP contribution in [0.4, 0.5) is 11.4 Å². The molecule has 1 heterocycles. The van der Waals surface area contributed by atoms with Gasteiger partial charge in [0.05, 0.1) is 17.3 Å². The highest BCUT2D eigenvalue weighted by atomic mass is 16.4. The second-order valence-electron chi connectivity index (χ2n) is 7.15. The third kappa shape index (κ3) is 6.43. The first-order chi connectivity index (χ1) is 13.7. The lowest BCUT2D eigenvalue weighted by atomic mass is 9.98. The van der Waals surface area contributed by atoms with Crippen molar-refractivity contribution in [2.45, 2.75) is 25.7 Å². The van der Waals surface area contributed by atoms with Crippen LogP contribution >= 0.6 is 0 Å². The van der Waals surface area contributed by atoms with Gasteiger partial charge in [0.25, 0.3) is 0 Å². The Morgan fingerprint density at radius 3 is 2.71 bits per heavy atom. The van der Waals surface area contributed by atoms with Gasteiger partial charge in [-0.2, -0.15) is 10.2 Å². The van der Waals surface area contributed by atoms with Crippen LogP contribution in [-0.2, 0) is 4.79 Å². The smallest absolute Gasteiger partial charge is 0.307 e. The molecule has 3 rings (SSSR count). The fraction of sp³-hybridized carbons (Fsp3) is 0.348. The van der Waals surface area contributed by atoms with Gasteiger partial charge in [-0.3, -0.25) is 4.79 Å². The Labute approximate surface area is 166 Å². The van der Waals surface area contributed by atoms with Gasteiger partial charge in [-0.05, 0) is 68.6 Å². The van der Waals surface area contributed by atoms with Crippen molar-refractivity contribution in [2.75, 3.05) is 19.6 Å². The first-order valence-electron chi connectivity index (χ1n) is 9.89. The van der Waals surface area contributed by atoms with E-state index in [1.807, 2.05) is 48.5 Å². The summed E-state index contributed by atoms with van der Waals surface area (Å²) >= 11 is 0. The third-order valence-corrected chi connectivity index (χ3v) is 4.92. The highest BCUT2D eigenvalue weighted by molar-refractivity contribution is 5.70. The van der Waals surface area contributed by atoms with E-state index in [9.17, 15) is 4.79 Å². The molecule has 5 heteroatoms. The van der Waals surface area contributed by atoms with Crippen LogP contribution in [0.1, 0.15) is 31.2 Å². The number of carboxylic acids is 1. The number of unbranched alkanes of at least 4 members (excludes halogenated alkanes) is 1. The summed E-state index contributed by atoms with van der Waals surface area (Å²) in [5.74, 6) is -0.856. The second kappa shape index (κ2) is 10.5. The maximum Gasteiger partial charge on any atom is 0.307 e. The minimum absolute atomic E-state index is 0.197. The van der Waals surface area contributed by atoms with Gasteiger partial charge in [0.15, 0.2) is 0 Å². The molecule has 1 N–H and O–H groups in total. The van der Waals surface area contributed by atoms with Crippen molar-refractivity contribution < 1.29 is 9.90 Å². The molecule has 0 aromatic heterocycles. The van der Waals surface area contributed by atoms with Crippen molar-refractivity contribution in [3.8, 4) is 0 Å². The zero-order valence-electron chi connectivity index (χ0n) is 16.1. The summed E-state index contributed by atoms with van der Waals surface area (Å²) in [7, 11) is 0. The van der Waals surface area contributed by atoms with Crippen LogP contribution in [0.25, 0.3) is 6.08 Å². The van der Waals surface area contributed by atoms with E-state index in [-0.39, 0.29) is 5.92 Å². The van der Waals surface area contributed by atoms with Crippen LogP contribution in [0.3, 0.4) is 0 Å². The zero-order chi connectivity index (χ0) is 19.6. The lowest BCUT2D eigenvalue weighted by molar-refractivity contribution is -0.143. The van der Waals surface area contributed by atoms with Gasteiger partial charge >= 0.3 is 5.97 Å². The summed E-state index contributed by atoms with van der Waals surface area (Å²) in [4.78, 5) is 13.4. The Kier molecular flexibility index (Phi) is 7.50. The number of aliphatic carboxylic acids is 1. The molecule has 1 aliphatic heterocycles. The molecule has 0 radical (unpaired) electrons. The average Bonchev–Trinajstić information content (AvgIpc) is 2.73. The molecule has 0 bridgehead atoms. The summed E-state index contributed by atoms with van der Waals surface area (Å²) in [6.45, 7) is 2.66. The number of benzene rings is 2. The summed E-state index contributed by atoms with van der Waals surface area (Å²) in [6, 6.07) is 17.7. The minimum atomic E-state index is -0.658. The topological polar surface area (TPSA) is 65.3 Å². The van der Waals surface area contributed by atoms with Gasteiger partial charge in [0.1, 0.15) is 0 Å². The molecule has 5 nitrogen and oxygen atoms in total. The van der Waals surface area contributed by atoms with Gasteiger partial charge < -0.3 is 10.0 Å². The summed E-state index contributed by atoms with van der Waals surface area (Å²) < 4.78 is 0. The third-order valence-electron chi connectivity index (χ3n) is 4.92. The van der Waals surface area contributed by atoms with E-state index in [1.165, 1.54) is 0 Å². The van der Waals surface area contributed by atoms with Crippen molar-refractivity contribution in [3.05, 3.63) is 66.2 Å². The maximum atomic E-state index is 11.1. The molecular formula is C23H27N3O2. The predicted molar refractivity (Wildman–Crippen MR) is 112 cm³/mol. The highest BCUT2D eigenvalue weighted by Crippen LogP contribution is 2.20.